The highest BCUT2D eigenvalue weighted by atomic mass is 19.1. The van der Waals surface area contributed by atoms with E-state index in [9.17, 15) is 9.18 Å². The van der Waals surface area contributed by atoms with Gasteiger partial charge in [-0.25, -0.2) is 9.18 Å². The van der Waals surface area contributed by atoms with Crippen molar-refractivity contribution in [2.24, 2.45) is 5.92 Å². The van der Waals surface area contributed by atoms with Gasteiger partial charge in [-0.05, 0) is 30.5 Å². The molecule has 0 aliphatic heterocycles. The van der Waals surface area contributed by atoms with Crippen LogP contribution in [0.3, 0.4) is 0 Å². The lowest BCUT2D eigenvalue weighted by molar-refractivity contribution is 0.231. The summed E-state index contributed by atoms with van der Waals surface area (Å²) in [5.74, 6) is -0.120. The third-order valence-electron chi connectivity index (χ3n) is 3.34. The van der Waals surface area contributed by atoms with Gasteiger partial charge in [-0.2, -0.15) is 0 Å². The molecule has 0 fully saturated rings. The minimum absolute atomic E-state index is 0.0158. The molecule has 0 saturated heterocycles. The average Bonchev–Trinajstić information content (AvgIpc) is 2.88. The highest BCUT2D eigenvalue weighted by Gasteiger charge is 2.19. The Labute approximate surface area is 117 Å². The molecule has 2 atom stereocenters. The van der Waals surface area contributed by atoms with Gasteiger partial charge in [0.05, 0.1) is 0 Å². The molecule has 0 saturated carbocycles. The van der Waals surface area contributed by atoms with Gasteiger partial charge in [0.1, 0.15) is 5.82 Å². The fourth-order valence-corrected chi connectivity index (χ4v) is 2.21. The van der Waals surface area contributed by atoms with Gasteiger partial charge in [-0.15, -0.1) is 0 Å². The molecule has 0 unspecified atom stereocenters. The lowest BCUT2D eigenvalue weighted by Gasteiger charge is -2.13. The number of carbonyl (C=O) groups excluding carboxylic acids is 1. The lowest BCUT2D eigenvalue weighted by atomic mass is 10.1. The van der Waals surface area contributed by atoms with Crippen molar-refractivity contribution in [3.63, 3.8) is 0 Å². The van der Waals surface area contributed by atoms with Gasteiger partial charge in [0.15, 0.2) is 0 Å². The Kier molecular flexibility index (Phi) is 5.12. The standard InChI is InChI=1S/C15H19FN2O2/c16-13-4-1-11(2-5-13)7-8-17-15(20)18-14-6-3-12(9-14)10-19/h1-6,12,14,19H,7-10H2,(H2,17,18,20)/t12-,14+/m0/s1. The number of nitrogens with one attached hydrogen (secondary N) is 2. The van der Waals surface area contributed by atoms with Crippen LogP contribution in [0.25, 0.3) is 0 Å². The Morgan fingerprint density at radius 1 is 1.30 bits per heavy atom. The maximum Gasteiger partial charge on any atom is 0.315 e. The fourth-order valence-electron chi connectivity index (χ4n) is 2.21. The zero-order valence-electron chi connectivity index (χ0n) is 11.2. The Bertz CT molecular complexity index is 473. The van der Waals surface area contributed by atoms with E-state index in [0.29, 0.717) is 13.0 Å². The number of carbonyl (C=O) groups is 1. The predicted molar refractivity (Wildman–Crippen MR) is 74.8 cm³/mol. The molecule has 1 aromatic carbocycles. The molecule has 108 valence electrons. The molecule has 0 heterocycles. The largest absolute Gasteiger partial charge is 0.396 e. The first-order valence-electron chi connectivity index (χ1n) is 6.75. The summed E-state index contributed by atoms with van der Waals surface area (Å²) in [6.45, 7) is 0.609. The Morgan fingerprint density at radius 3 is 2.70 bits per heavy atom. The molecule has 1 aliphatic rings. The van der Waals surface area contributed by atoms with Crippen molar-refractivity contribution in [3.05, 3.63) is 47.8 Å². The number of hydrogen-bond acceptors (Lipinski definition) is 2. The minimum Gasteiger partial charge on any atom is -0.396 e. The van der Waals surface area contributed by atoms with Crippen molar-refractivity contribution in [2.45, 2.75) is 18.9 Å². The van der Waals surface area contributed by atoms with Gasteiger partial charge in [-0.3, -0.25) is 0 Å². The van der Waals surface area contributed by atoms with Gasteiger partial charge in [-0.1, -0.05) is 24.3 Å². The maximum absolute atomic E-state index is 12.7. The van der Waals surface area contributed by atoms with Crippen LogP contribution >= 0.6 is 0 Å². The molecule has 0 radical (unpaired) electrons. The summed E-state index contributed by atoms with van der Waals surface area (Å²) >= 11 is 0. The van der Waals surface area contributed by atoms with Crippen LogP contribution in [0.15, 0.2) is 36.4 Å². The van der Waals surface area contributed by atoms with Gasteiger partial charge < -0.3 is 15.7 Å². The number of benzene rings is 1. The second-order valence-electron chi connectivity index (χ2n) is 4.95. The smallest absolute Gasteiger partial charge is 0.315 e. The summed E-state index contributed by atoms with van der Waals surface area (Å²) in [5, 5.41) is 14.6. The maximum atomic E-state index is 12.7. The van der Waals surface area contributed by atoms with Crippen molar-refractivity contribution in [1.29, 1.82) is 0 Å². The first kappa shape index (κ1) is 14.5. The van der Waals surface area contributed by atoms with Crippen LogP contribution < -0.4 is 10.6 Å². The van der Waals surface area contributed by atoms with Crippen molar-refractivity contribution < 1.29 is 14.3 Å². The van der Waals surface area contributed by atoms with Crippen LogP contribution in [0.1, 0.15) is 12.0 Å². The topological polar surface area (TPSA) is 61.4 Å². The summed E-state index contributed by atoms with van der Waals surface area (Å²) in [7, 11) is 0. The lowest BCUT2D eigenvalue weighted by Crippen LogP contribution is -2.41. The van der Waals surface area contributed by atoms with E-state index in [0.717, 1.165) is 12.0 Å². The van der Waals surface area contributed by atoms with E-state index in [-0.39, 0.29) is 30.4 Å². The van der Waals surface area contributed by atoms with E-state index < -0.39 is 0 Å². The SMILES string of the molecule is O=C(NCCc1ccc(F)cc1)N[C@@H]1C=C[C@H](CO)C1. The van der Waals surface area contributed by atoms with Gasteiger partial charge in [0, 0.05) is 25.1 Å². The molecular weight excluding hydrogens is 259 g/mol. The van der Waals surface area contributed by atoms with Gasteiger partial charge >= 0.3 is 6.03 Å². The molecule has 1 aliphatic carbocycles. The Hall–Kier alpha value is -1.88. The zero-order valence-corrected chi connectivity index (χ0v) is 11.2. The normalized spacial score (nSPS) is 20.9. The van der Waals surface area contributed by atoms with Crippen molar-refractivity contribution in [1.82, 2.24) is 10.6 Å². The van der Waals surface area contributed by atoms with Crippen LogP contribution in [-0.4, -0.2) is 30.3 Å². The summed E-state index contributed by atoms with van der Waals surface area (Å²) in [6.07, 6.45) is 5.22. The third kappa shape index (κ3) is 4.35. The molecule has 2 rings (SSSR count). The Balaban J connectivity index is 1.66. The van der Waals surface area contributed by atoms with Crippen LogP contribution in [-0.2, 0) is 6.42 Å². The van der Waals surface area contributed by atoms with E-state index >= 15 is 0 Å². The summed E-state index contributed by atoms with van der Waals surface area (Å²) < 4.78 is 12.7. The number of aliphatic hydroxyl groups excluding tert-OH is 1. The van der Waals surface area contributed by atoms with Crippen molar-refractivity contribution >= 4 is 6.03 Å². The van der Waals surface area contributed by atoms with E-state index in [2.05, 4.69) is 10.6 Å². The molecule has 3 N–H and O–H groups in total. The number of hydrogen-bond donors (Lipinski definition) is 3. The first-order valence-corrected chi connectivity index (χ1v) is 6.75. The van der Waals surface area contributed by atoms with E-state index in [1.54, 1.807) is 12.1 Å². The summed E-state index contributed by atoms with van der Waals surface area (Å²) in [5.41, 5.74) is 0.979. The summed E-state index contributed by atoms with van der Waals surface area (Å²) in [4.78, 5) is 11.7. The molecule has 20 heavy (non-hydrogen) atoms. The highest BCUT2D eigenvalue weighted by molar-refractivity contribution is 5.74. The third-order valence-corrected chi connectivity index (χ3v) is 3.34. The van der Waals surface area contributed by atoms with E-state index in [4.69, 9.17) is 5.11 Å². The quantitative estimate of drug-likeness (QED) is 0.717. The number of urea groups is 1. The molecule has 5 heteroatoms. The Morgan fingerprint density at radius 2 is 2.05 bits per heavy atom. The number of aliphatic hydroxyl groups is 1. The van der Waals surface area contributed by atoms with Crippen LogP contribution in [0.4, 0.5) is 9.18 Å². The van der Waals surface area contributed by atoms with Gasteiger partial charge in [0.2, 0.25) is 0 Å². The monoisotopic (exact) mass is 278 g/mol. The summed E-state index contributed by atoms with van der Waals surface area (Å²) in [6, 6.07) is 6.00. The predicted octanol–water partition coefficient (Wildman–Crippen LogP) is 1.60. The second kappa shape index (κ2) is 7.05. The molecular formula is C15H19FN2O2. The number of amides is 2. The molecule has 0 bridgehead atoms. The number of halogens is 1. The molecule has 0 spiro atoms. The minimum atomic E-state index is -0.258. The molecule has 1 aromatic rings. The van der Waals surface area contributed by atoms with Crippen molar-refractivity contribution in [2.75, 3.05) is 13.2 Å². The highest BCUT2D eigenvalue weighted by Crippen LogP contribution is 2.16. The molecule has 0 aromatic heterocycles. The van der Waals surface area contributed by atoms with Crippen molar-refractivity contribution in [3.8, 4) is 0 Å². The van der Waals surface area contributed by atoms with E-state index in [1.807, 2.05) is 12.2 Å². The fraction of sp³-hybridized carbons (Fsp3) is 0.400. The van der Waals surface area contributed by atoms with Crippen LogP contribution in [0.5, 0.6) is 0 Å². The van der Waals surface area contributed by atoms with Crippen LogP contribution in [0, 0.1) is 11.7 Å². The second-order valence-corrected chi connectivity index (χ2v) is 4.95. The first-order chi connectivity index (χ1) is 9.67. The molecule has 4 nitrogen and oxygen atoms in total. The average molecular weight is 278 g/mol. The van der Waals surface area contributed by atoms with Gasteiger partial charge in [0.25, 0.3) is 0 Å². The van der Waals surface area contributed by atoms with Crippen LogP contribution in [0.2, 0.25) is 0 Å². The zero-order chi connectivity index (χ0) is 14.4. The van der Waals surface area contributed by atoms with E-state index in [1.165, 1.54) is 12.1 Å². The molecule has 2 amide bonds. The number of rotatable bonds is 5.